The maximum Gasteiger partial charge on any atom is 0.257 e. The highest BCUT2D eigenvalue weighted by Crippen LogP contribution is 2.16. The lowest BCUT2D eigenvalue weighted by Crippen LogP contribution is -2.12. The van der Waals surface area contributed by atoms with Gasteiger partial charge in [0.25, 0.3) is 5.91 Å². The highest BCUT2D eigenvalue weighted by molar-refractivity contribution is 7.15. The molecule has 0 aliphatic rings. The third kappa shape index (κ3) is 3.49. The fourth-order valence-electron chi connectivity index (χ4n) is 2.05. The molecule has 0 fully saturated rings. The number of aryl methyl sites for hydroxylation is 1. The monoisotopic (exact) mass is 323 g/mol. The summed E-state index contributed by atoms with van der Waals surface area (Å²) in [7, 11) is 0. The highest BCUT2D eigenvalue weighted by atomic mass is 32.1. The summed E-state index contributed by atoms with van der Waals surface area (Å²) in [5.74, 6) is -0.350. The first-order valence-corrected chi connectivity index (χ1v) is 7.76. The van der Waals surface area contributed by atoms with Gasteiger partial charge in [-0.1, -0.05) is 53.8 Å². The molecule has 0 saturated carbocycles. The van der Waals surface area contributed by atoms with Crippen LogP contribution in [0.5, 0.6) is 0 Å². The molecule has 0 saturated heterocycles. The third-order valence-electron chi connectivity index (χ3n) is 3.19. The summed E-state index contributed by atoms with van der Waals surface area (Å²) in [6, 6.07) is 15.6. The number of hydrogen-bond acceptors (Lipinski definition) is 5. The first kappa shape index (κ1) is 15.1. The molecule has 2 aromatic carbocycles. The van der Waals surface area contributed by atoms with Gasteiger partial charge in [0.2, 0.25) is 5.13 Å². The average Bonchev–Trinajstić information content (AvgIpc) is 3.00. The maximum absolute atomic E-state index is 12.3. The molecule has 23 heavy (non-hydrogen) atoms. The first-order chi connectivity index (χ1) is 11.1. The second-order valence-corrected chi connectivity index (χ2v) is 6.03. The van der Waals surface area contributed by atoms with Gasteiger partial charge in [-0.05, 0) is 19.1 Å². The maximum atomic E-state index is 12.3. The number of nitrogens with one attached hydrogen (secondary N) is 1. The zero-order valence-corrected chi connectivity index (χ0v) is 13.1. The Bertz CT molecular complexity index is 842. The van der Waals surface area contributed by atoms with Crippen molar-refractivity contribution in [2.45, 2.75) is 6.92 Å². The average molecular weight is 323 g/mol. The first-order valence-electron chi connectivity index (χ1n) is 6.95. The van der Waals surface area contributed by atoms with Crippen LogP contribution in [0.25, 0.3) is 0 Å². The molecule has 1 heterocycles. The van der Waals surface area contributed by atoms with Crippen molar-refractivity contribution >= 4 is 28.2 Å². The number of ketones is 1. The van der Waals surface area contributed by atoms with Crippen LogP contribution in [-0.4, -0.2) is 21.9 Å². The molecule has 0 bridgehead atoms. The van der Waals surface area contributed by atoms with Crippen LogP contribution in [0, 0.1) is 6.92 Å². The highest BCUT2D eigenvalue weighted by Gasteiger charge is 2.12. The number of anilines is 1. The lowest BCUT2D eigenvalue weighted by molar-refractivity contribution is 0.102. The Morgan fingerprint density at radius 1 is 0.870 bits per heavy atom. The van der Waals surface area contributed by atoms with Crippen LogP contribution in [-0.2, 0) is 0 Å². The van der Waals surface area contributed by atoms with Gasteiger partial charge in [0.15, 0.2) is 5.78 Å². The molecule has 1 N–H and O–H groups in total. The number of rotatable bonds is 4. The van der Waals surface area contributed by atoms with Crippen molar-refractivity contribution in [1.82, 2.24) is 10.2 Å². The van der Waals surface area contributed by atoms with Gasteiger partial charge in [0, 0.05) is 16.7 Å². The van der Waals surface area contributed by atoms with Crippen molar-refractivity contribution in [2.75, 3.05) is 5.32 Å². The summed E-state index contributed by atoms with van der Waals surface area (Å²) in [4.78, 5) is 24.4. The van der Waals surface area contributed by atoms with E-state index in [0.29, 0.717) is 21.8 Å². The van der Waals surface area contributed by atoms with E-state index in [1.807, 2.05) is 25.1 Å². The summed E-state index contributed by atoms with van der Waals surface area (Å²) in [6.45, 7) is 1.82. The fourth-order valence-corrected chi connectivity index (χ4v) is 2.63. The zero-order valence-electron chi connectivity index (χ0n) is 12.3. The molecular weight excluding hydrogens is 310 g/mol. The van der Waals surface area contributed by atoms with Gasteiger partial charge in [-0.3, -0.25) is 14.9 Å². The van der Waals surface area contributed by atoms with E-state index in [-0.39, 0.29) is 11.7 Å². The Morgan fingerprint density at radius 3 is 2.09 bits per heavy atom. The molecular formula is C17H13N3O2S. The molecule has 1 aromatic heterocycles. The quantitative estimate of drug-likeness (QED) is 0.748. The normalized spacial score (nSPS) is 10.3. The lowest BCUT2D eigenvalue weighted by Gasteiger charge is -2.04. The fraction of sp³-hybridized carbons (Fsp3) is 0.0588. The molecule has 0 aliphatic carbocycles. The van der Waals surface area contributed by atoms with E-state index >= 15 is 0 Å². The molecule has 0 aliphatic heterocycles. The van der Waals surface area contributed by atoms with Crippen LogP contribution in [0.4, 0.5) is 5.13 Å². The minimum atomic E-state index is -0.278. The SMILES string of the molecule is Cc1nnc(NC(=O)c2ccc(C(=O)c3ccccc3)cc2)s1. The van der Waals surface area contributed by atoms with Crippen LogP contribution in [0.1, 0.15) is 31.3 Å². The van der Waals surface area contributed by atoms with Crippen molar-refractivity contribution in [1.29, 1.82) is 0 Å². The minimum absolute atomic E-state index is 0.0719. The second kappa shape index (κ2) is 6.50. The van der Waals surface area contributed by atoms with Gasteiger partial charge < -0.3 is 0 Å². The van der Waals surface area contributed by atoms with Crippen molar-refractivity contribution < 1.29 is 9.59 Å². The van der Waals surface area contributed by atoms with Crippen LogP contribution in [0.15, 0.2) is 54.6 Å². The van der Waals surface area contributed by atoms with Crippen molar-refractivity contribution in [3.63, 3.8) is 0 Å². The molecule has 5 nitrogen and oxygen atoms in total. The molecule has 0 unspecified atom stereocenters. The third-order valence-corrected chi connectivity index (χ3v) is 3.95. The predicted octanol–water partition coefficient (Wildman–Crippen LogP) is 3.33. The Morgan fingerprint density at radius 2 is 1.48 bits per heavy atom. The van der Waals surface area contributed by atoms with Gasteiger partial charge in [-0.15, -0.1) is 10.2 Å². The standard InChI is InChI=1S/C17H13N3O2S/c1-11-19-20-17(23-11)18-16(22)14-9-7-13(8-10-14)15(21)12-5-3-2-4-6-12/h2-10H,1H3,(H,18,20,22). The largest absolute Gasteiger partial charge is 0.296 e. The van der Waals surface area contributed by atoms with Crippen LogP contribution >= 0.6 is 11.3 Å². The molecule has 114 valence electrons. The Labute approximate surface area is 137 Å². The molecule has 0 spiro atoms. The Hall–Kier alpha value is -2.86. The number of hydrogen-bond donors (Lipinski definition) is 1. The number of carbonyl (C=O) groups is 2. The molecule has 6 heteroatoms. The smallest absolute Gasteiger partial charge is 0.257 e. The lowest BCUT2D eigenvalue weighted by atomic mass is 10.0. The van der Waals surface area contributed by atoms with Crippen LogP contribution in [0.2, 0.25) is 0 Å². The summed E-state index contributed by atoms with van der Waals surface area (Å²) in [5, 5.41) is 11.6. The summed E-state index contributed by atoms with van der Waals surface area (Å²) in [5.41, 5.74) is 1.62. The Balaban J connectivity index is 1.74. The van der Waals surface area contributed by atoms with Crippen LogP contribution in [0.3, 0.4) is 0 Å². The van der Waals surface area contributed by atoms with Gasteiger partial charge in [0.1, 0.15) is 5.01 Å². The summed E-state index contributed by atoms with van der Waals surface area (Å²) < 4.78 is 0. The number of nitrogens with zero attached hydrogens (tertiary/aromatic N) is 2. The minimum Gasteiger partial charge on any atom is -0.296 e. The number of carbonyl (C=O) groups excluding carboxylic acids is 2. The van der Waals surface area contributed by atoms with Crippen LogP contribution < -0.4 is 5.32 Å². The van der Waals surface area contributed by atoms with Crippen molar-refractivity contribution in [2.24, 2.45) is 0 Å². The molecule has 0 atom stereocenters. The van der Waals surface area contributed by atoms with Gasteiger partial charge in [0.05, 0.1) is 0 Å². The number of amides is 1. The van der Waals surface area contributed by atoms with Crippen molar-refractivity contribution in [3.8, 4) is 0 Å². The zero-order chi connectivity index (χ0) is 16.2. The van der Waals surface area contributed by atoms with E-state index < -0.39 is 0 Å². The van der Waals surface area contributed by atoms with Crippen molar-refractivity contribution in [3.05, 3.63) is 76.3 Å². The molecule has 3 aromatic rings. The van der Waals surface area contributed by atoms with E-state index in [4.69, 9.17) is 0 Å². The van der Waals surface area contributed by atoms with E-state index in [2.05, 4.69) is 15.5 Å². The molecule has 1 amide bonds. The number of benzene rings is 2. The molecule has 0 radical (unpaired) electrons. The van der Waals surface area contributed by atoms with E-state index in [1.165, 1.54) is 11.3 Å². The second-order valence-electron chi connectivity index (χ2n) is 4.85. The number of aromatic nitrogens is 2. The topological polar surface area (TPSA) is 72.0 Å². The molecule has 3 rings (SSSR count). The Kier molecular flexibility index (Phi) is 4.25. The van der Waals surface area contributed by atoms with Gasteiger partial charge in [-0.2, -0.15) is 0 Å². The predicted molar refractivity (Wildman–Crippen MR) is 88.9 cm³/mol. The van der Waals surface area contributed by atoms with E-state index in [9.17, 15) is 9.59 Å². The van der Waals surface area contributed by atoms with E-state index in [1.54, 1.807) is 36.4 Å². The summed E-state index contributed by atoms with van der Waals surface area (Å²) in [6.07, 6.45) is 0. The van der Waals surface area contributed by atoms with Gasteiger partial charge >= 0.3 is 0 Å². The van der Waals surface area contributed by atoms with E-state index in [0.717, 1.165) is 5.01 Å². The van der Waals surface area contributed by atoms with Gasteiger partial charge in [-0.25, -0.2) is 0 Å². The summed E-state index contributed by atoms with van der Waals surface area (Å²) >= 11 is 1.31.